The predicted octanol–water partition coefficient (Wildman–Crippen LogP) is 4.37. The molecule has 1 aromatic carbocycles. The number of aromatic nitrogens is 2. The summed E-state index contributed by atoms with van der Waals surface area (Å²) < 4.78 is 63.9. The standard InChI is InChI=1S/C18H12F3N3O2S2/c19-18(20,21)17-9-16(15-6-1-11-10-27-8-7-14(11)15)24(23-17)12-2-4-13(5-3-12)28(22,25)26/h1-10H,(H2,22,25,26). The molecule has 28 heavy (non-hydrogen) atoms. The van der Waals surface area contributed by atoms with Gasteiger partial charge in [-0.15, -0.1) is 0 Å². The fourth-order valence-electron chi connectivity index (χ4n) is 2.93. The van der Waals surface area contributed by atoms with Gasteiger partial charge in [0.05, 0.1) is 16.3 Å². The number of sulfonamides is 1. The van der Waals surface area contributed by atoms with E-state index in [9.17, 15) is 21.6 Å². The zero-order chi connectivity index (χ0) is 20.1. The fourth-order valence-corrected chi connectivity index (χ4v) is 4.09. The second kappa shape index (κ2) is 6.43. The van der Waals surface area contributed by atoms with Crippen LogP contribution in [0.2, 0.25) is 0 Å². The minimum Gasteiger partial charge on any atom is -0.232 e. The van der Waals surface area contributed by atoms with Crippen molar-refractivity contribution in [3.8, 4) is 28.1 Å². The Bertz CT molecular complexity index is 1230. The Balaban J connectivity index is 1.91. The highest BCUT2D eigenvalue weighted by atomic mass is 32.2. The predicted molar refractivity (Wildman–Crippen MR) is 99.9 cm³/mol. The minimum atomic E-state index is -4.62. The monoisotopic (exact) mass is 423 g/mol. The van der Waals surface area contributed by atoms with Gasteiger partial charge in [-0.2, -0.15) is 29.6 Å². The van der Waals surface area contributed by atoms with Gasteiger partial charge in [-0.3, -0.25) is 0 Å². The van der Waals surface area contributed by atoms with Crippen LogP contribution >= 0.6 is 11.3 Å². The van der Waals surface area contributed by atoms with Crippen molar-refractivity contribution in [3.05, 3.63) is 65.0 Å². The molecule has 0 fully saturated rings. The third-order valence-electron chi connectivity index (χ3n) is 4.22. The average Bonchev–Trinajstić information content (AvgIpc) is 3.25. The van der Waals surface area contributed by atoms with Crippen LogP contribution in [0.4, 0.5) is 13.2 Å². The molecule has 2 aromatic rings. The van der Waals surface area contributed by atoms with E-state index in [0.717, 1.165) is 21.9 Å². The molecule has 10 heteroatoms. The Morgan fingerprint density at radius 2 is 1.71 bits per heavy atom. The molecule has 144 valence electrons. The van der Waals surface area contributed by atoms with E-state index < -0.39 is 21.9 Å². The number of benzene rings is 1. The van der Waals surface area contributed by atoms with Crippen LogP contribution in [0, 0.1) is 0 Å². The van der Waals surface area contributed by atoms with Gasteiger partial charge in [0.2, 0.25) is 10.0 Å². The Morgan fingerprint density at radius 3 is 2.36 bits per heavy atom. The van der Waals surface area contributed by atoms with Gasteiger partial charge in [-0.1, -0.05) is 12.1 Å². The minimum absolute atomic E-state index is 0.138. The van der Waals surface area contributed by atoms with E-state index >= 15 is 0 Å². The summed E-state index contributed by atoms with van der Waals surface area (Å²) in [5.74, 6) is 0. The molecule has 0 radical (unpaired) electrons. The van der Waals surface area contributed by atoms with Gasteiger partial charge in [0, 0.05) is 5.56 Å². The molecule has 0 bridgehead atoms. The first kappa shape index (κ1) is 18.7. The molecule has 0 amide bonds. The van der Waals surface area contributed by atoms with Crippen molar-refractivity contribution in [1.82, 2.24) is 9.78 Å². The molecular weight excluding hydrogens is 411 g/mol. The summed E-state index contributed by atoms with van der Waals surface area (Å²) in [7, 11) is -3.91. The molecular formula is C18H12F3N3O2S2. The van der Waals surface area contributed by atoms with Crippen LogP contribution in [-0.2, 0) is 16.2 Å². The molecule has 2 N–H and O–H groups in total. The molecule has 4 rings (SSSR count). The van der Waals surface area contributed by atoms with Crippen molar-refractivity contribution in [1.29, 1.82) is 0 Å². The molecule has 0 unspecified atom stereocenters. The van der Waals surface area contributed by atoms with Crippen LogP contribution in [0.1, 0.15) is 5.69 Å². The highest BCUT2D eigenvalue weighted by molar-refractivity contribution is 7.89. The number of alkyl halides is 3. The maximum atomic E-state index is 13.3. The lowest BCUT2D eigenvalue weighted by Crippen LogP contribution is -2.12. The topological polar surface area (TPSA) is 78.0 Å². The zero-order valence-corrected chi connectivity index (χ0v) is 15.6. The van der Waals surface area contributed by atoms with Crippen LogP contribution < -0.4 is 5.14 Å². The van der Waals surface area contributed by atoms with Crippen LogP contribution in [0.25, 0.3) is 28.1 Å². The third-order valence-corrected chi connectivity index (χ3v) is 5.84. The number of nitrogens with two attached hydrogens (primary N) is 1. The maximum Gasteiger partial charge on any atom is 0.435 e. The Labute approximate surface area is 162 Å². The number of rotatable bonds is 3. The highest BCUT2D eigenvalue weighted by Gasteiger charge is 2.35. The summed E-state index contributed by atoms with van der Waals surface area (Å²) in [5, 5.41) is 12.6. The number of halogens is 3. The molecule has 5 nitrogen and oxygen atoms in total. The van der Waals surface area contributed by atoms with E-state index in [0.29, 0.717) is 5.56 Å². The van der Waals surface area contributed by atoms with E-state index in [2.05, 4.69) is 5.10 Å². The Morgan fingerprint density at radius 1 is 1.00 bits per heavy atom. The summed E-state index contributed by atoms with van der Waals surface area (Å²) >= 11 is 1.48. The van der Waals surface area contributed by atoms with Gasteiger partial charge in [0.1, 0.15) is 0 Å². The second-order valence-corrected chi connectivity index (χ2v) is 8.38. The summed E-state index contributed by atoms with van der Waals surface area (Å²) in [6.07, 6.45) is -4.62. The van der Waals surface area contributed by atoms with Gasteiger partial charge >= 0.3 is 6.18 Å². The lowest BCUT2D eigenvalue weighted by molar-refractivity contribution is -0.141. The molecule has 1 aliphatic heterocycles. The molecule has 1 aliphatic carbocycles. The van der Waals surface area contributed by atoms with Crippen molar-refractivity contribution in [2.45, 2.75) is 11.1 Å². The van der Waals surface area contributed by atoms with Gasteiger partial charge in [0.15, 0.2) is 5.69 Å². The second-order valence-electron chi connectivity index (χ2n) is 6.04. The fraction of sp³-hybridized carbons (Fsp3) is 0.0556. The van der Waals surface area contributed by atoms with Gasteiger partial charge in [-0.05, 0) is 58.3 Å². The van der Waals surface area contributed by atoms with Crippen LogP contribution in [0.15, 0.2) is 64.2 Å². The molecule has 0 spiro atoms. The van der Waals surface area contributed by atoms with Crippen molar-refractivity contribution in [3.63, 3.8) is 0 Å². The SMILES string of the molecule is NS(=O)(=O)c1ccc(-n2nc(C(F)(F)F)cc2-c2ccc3csccc2-3)cc1. The normalized spacial score (nSPS) is 12.6. The van der Waals surface area contributed by atoms with Crippen molar-refractivity contribution < 1.29 is 21.6 Å². The van der Waals surface area contributed by atoms with E-state index in [1.807, 2.05) is 22.9 Å². The van der Waals surface area contributed by atoms with E-state index in [4.69, 9.17) is 5.14 Å². The summed E-state index contributed by atoms with van der Waals surface area (Å²) in [6.45, 7) is 0. The van der Waals surface area contributed by atoms with E-state index in [-0.39, 0.29) is 16.3 Å². The van der Waals surface area contributed by atoms with Crippen LogP contribution in [0.3, 0.4) is 0 Å². The van der Waals surface area contributed by atoms with Gasteiger partial charge in [0.25, 0.3) is 0 Å². The average molecular weight is 423 g/mol. The molecule has 0 atom stereocenters. The highest BCUT2D eigenvalue weighted by Crippen LogP contribution is 2.39. The van der Waals surface area contributed by atoms with Crippen molar-refractivity contribution >= 4 is 21.4 Å². The molecule has 1 aromatic heterocycles. The lowest BCUT2D eigenvalue weighted by atomic mass is 10.1. The Kier molecular flexibility index (Phi) is 4.29. The first-order valence-corrected chi connectivity index (χ1v) is 10.4. The first-order chi connectivity index (χ1) is 13.1. The molecule has 0 saturated carbocycles. The Hall–Kier alpha value is -2.69. The largest absolute Gasteiger partial charge is 0.435 e. The summed E-state index contributed by atoms with van der Waals surface area (Å²) in [6, 6.07) is 11.6. The van der Waals surface area contributed by atoms with E-state index in [1.54, 1.807) is 6.07 Å². The quantitative estimate of drug-likeness (QED) is 0.531. The van der Waals surface area contributed by atoms with Crippen LogP contribution in [-0.4, -0.2) is 18.2 Å². The molecule has 2 aliphatic rings. The summed E-state index contributed by atoms with van der Waals surface area (Å²) in [5.41, 5.74) is 1.81. The smallest absolute Gasteiger partial charge is 0.232 e. The van der Waals surface area contributed by atoms with E-state index in [1.165, 1.54) is 35.6 Å². The lowest BCUT2D eigenvalue weighted by Gasteiger charge is -2.09. The number of hydrogen-bond donors (Lipinski definition) is 1. The van der Waals surface area contributed by atoms with Gasteiger partial charge < -0.3 is 0 Å². The van der Waals surface area contributed by atoms with Crippen molar-refractivity contribution in [2.75, 3.05) is 0 Å². The first-order valence-electron chi connectivity index (χ1n) is 7.90. The van der Waals surface area contributed by atoms with Crippen molar-refractivity contribution in [2.24, 2.45) is 5.14 Å². The number of nitrogens with zero attached hydrogens (tertiary/aromatic N) is 2. The third kappa shape index (κ3) is 3.30. The van der Waals surface area contributed by atoms with Gasteiger partial charge in [-0.25, -0.2) is 18.2 Å². The molecule has 2 heterocycles. The zero-order valence-electron chi connectivity index (χ0n) is 14.0. The number of hydrogen-bond acceptors (Lipinski definition) is 4. The maximum absolute atomic E-state index is 13.3. The van der Waals surface area contributed by atoms with Crippen LogP contribution in [0.5, 0.6) is 0 Å². The number of primary sulfonamides is 1. The molecule has 0 saturated heterocycles. The summed E-state index contributed by atoms with van der Waals surface area (Å²) in [4.78, 5) is -0.138. The number of fused-ring (bicyclic) bond motifs is 1.